The number of nitrogens with zero attached hydrogens (tertiary/aromatic N) is 2. The summed E-state index contributed by atoms with van der Waals surface area (Å²) < 4.78 is 28.9. The Hall–Kier alpha value is -3.65. The first-order valence-corrected chi connectivity index (χ1v) is 15.4. The normalized spacial score (nSPS) is 14.5. The Bertz CT molecular complexity index is 1400. The summed E-state index contributed by atoms with van der Waals surface area (Å²) >= 11 is 0. The van der Waals surface area contributed by atoms with Gasteiger partial charge in [0.25, 0.3) is 10.0 Å². The maximum Gasteiger partial charge on any atom is 0.264 e. The molecule has 0 spiro atoms. The second-order valence-electron chi connectivity index (χ2n) is 10.6. The summed E-state index contributed by atoms with van der Waals surface area (Å²) in [5.41, 5.74) is 3.29. The molecule has 1 atom stereocenters. The lowest BCUT2D eigenvalue weighted by molar-refractivity contribution is -0.140. The highest BCUT2D eigenvalue weighted by Crippen LogP contribution is 2.25. The fraction of sp³-hybridized carbons (Fsp3) is 0.375. The topological polar surface area (TPSA) is 86.8 Å². The van der Waals surface area contributed by atoms with Gasteiger partial charge in [0.1, 0.15) is 12.6 Å². The Kier molecular flexibility index (Phi) is 9.63. The van der Waals surface area contributed by atoms with Gasteiger partial charge in [0.15, 0.2) is 0 Å². The van der Waals surface area contributed by atoms with E-state index in [1.165, 1.54) is 12.1 Å². The van der Waals surface area contributed by atoms with Crippen LogP contribution < -0.4 is 9.62 Å². The Balaban J connectivity index is 1.70. The maximum absolute atomic E-state index is 14.1. The van der Waals surface area contributed by atoms with Gasteiger partial charge in [-0.3, -0.25) is 13.9 Å². The van der Waals surface area contributed by atoms with Gasteiger partial charge in [-0.1, -0.05) is 85.5 Å². The predicted octanol–water partition coefficient (Wildman–Crippen LogP) is 5.36. The molecule has 7 nitrogen and oxygen atoms in total. The van der Waals surface area contributed by atoms with Gasteiger partial charge in [-0.05, 0) is 62.9 Å². The van der Waals surface area contributed by atoms with Gasteiger partial charge in [0, 0.05) is 12.6 Å². The molecule has 0 aliphatic heterocycles. The van der Waals surface area contributed by atoms with Crippen LogP contribution in [0, 0.1) is 13.8 Å². The molecule has 8 heteroatoms. The third-order valence-electron chi connectivity index (χ3n) is 7.45. The van der Waals surface area contributed by atoms with Gasteiger partial charge in [-0.25, -0.2) is 8.42 Å². The van der Waals surface area contributed by atoms with Crippen LogP contribution in [-0.4, -0.2) is 43.8 Å². The maximum atomic E-state index is 14.1. The number of anilines is 1. The summed E-state index contributed by atoms with van der Waals surface area (Å²) in [6.45, 7) is 5.55. The lowest BCUT2D eigenvalue weighted by Gasteiger charge is -2.34. The fourth-order valence-electron chi connectivity index (χ4n) is 5.25. The van der Waals surface area contributed by atoms with Gasteiger partial charge >= 0.3 is 0 Å². The quantitative estimate of drug-likeness (QED) is 0.341. The molecule has 1 unspecified atom stereocenters. The first-order chi connectivity index (χ1) is 19.2. The van der Waals surface area contributed by atoms with Crippen molar-refractivity contribution >= 4 is 27.5 Å². The van der Waals surface area contributed by atoms with Crippen LogP contribution in [0.2, 0.25) is 0 Å². The Morgan fingerprint density at radius 1 is 0.900 bits per heavy atom. The average Bonchev–Trinajstić information content (AvgIpc) is 3.45. The van der Waals surface area contributed by atoms with E-state index in [9.17, 15) is 18.0 Å². The van der Waals surface area contributed by atoms with E-state index >= 15 is 0 Å². The minimum Gasteiger partial charge on any atom is -0.352 e. The van der Waals surface area contributed by atoms with E-state index < -0.39 is 28.5 Å². The molecule has 1 aliphatic rings. The van der Waals surface area contributed by atoms with Gasteiger partial charge in [-0.2, -0.15) is 0 Å². The Morgan fingerprint density at radius 2 is 1.57 bits per heavy atom. The third-order valence-corrected chi connectivity index (χ3v) is 9.24. The molecule has 1 aliphatic carbocycles. The van der Waals surface area contributed by atoms with E-state index in [-0.39, 0.29) is 23.4 Å². The first kappa shape index (κ1) is 29.3. The van der Waals surface area contributed by atoms with Crippen LogP contribution in [0.25, 0.3) is 0 Å². The number of amides is 2. The highest BCUT2D eigenvalue weighted by molar-refractivity contribution is 7.92. The zero-order chi connectivity index (χ0) is 28.7. The average molecular weight is 562 g/mol. The number of nitrogens with one attached hydrogen (secondary N) is 1. The van der Waals surface area contributed by atoms with E-state index in [0.29, 0.717) is 12.1 Å². The van der Waals surface area contributed by atoms with E-state index in [4.69, 9.17) is 0 Å². The van der Waals surface area contributed by atoms with Crippen molar-refractivity contribution in [3.63, 3.8) is 0 Å². The van der Waals surface area contributed by atoms with Gasteiger partial charge in [0.05, 0.1) is 10.6 Å². The monoisotopic (exact) mass is 561 g/mol. The number of rotatable bonds is 11. The zero-order valence-electron chi connectivity index (χ0n) is 23.5. The van der Waals surface area contributed by atoms with Crippen LogP contribution in [0.3, 0.4) is 0 Å². The van der Waals surface area contributed by atoms with Crippen molar-refractivity contribution < 1.29 is 18.0 Å². The number of carbonyl (C=O) groups is 2. The molecule has 4 rings (SSSR count). The fourth-order valence-corrected chi connectivity index (χ4v) is 6.69. The molecule has 212 valence electrons. The van der Waals surface area contributed by atoms with Crippen LogP contribution in [0.15, 0.2) is 83.8 Å². The molecule has 3 aromatic carbocycles. The second-order valence-corrected chi connectivity index (χ2v) is 12.4. The van der Waals surface area contributed by atoms with Crippen LogP contribution >= 0.6 is 0 Å². The van der Waals surface area contributed by atoms with Gasteiger partial charge in [0.2, 0.25) is 11.8 Å². The molecule has 1 saturated carbocycles. The van der Waals surface area contributed by atoms with Crippen LogP contribution in [0.4, 0.5) is 5.69 Å². The number of hydrogen-bond acceptors (Lipinski definition) is 4. The standard InChI is InChI=1S/C32H39N3O4S/c1-4-30(32(37)33-27-13-8-9-14-27)34(22-26-12-10-11-25(3)21-26)31(36)23-35(28-19-17-24(2)18-20-28)40(38,39)29-15-6-5-7-16-29/h5-7,10-12,15-21,27,30H,4,8-9,13-14,22-23H2,1-3H3,(H,33,37). The van der Waals surface area contributed by atoms with E-state index in [1.807, 2.05) is 57.2 Å². The Labute approximate surface area is 238 Å². The largest absolute Gasteiger partial charge is 0.352 e. The lowest BCUT2D eigenvalue weighted by Crippen LogP contribution is -2.53. The minimum atomic E-state index is -4.06. The van der Waals surface area contributed by atoms with Crippen molar-refractivity contribution in [2.45, 2.75) is 76.4 Å². The number of carbonyl (C=O) groups excluding carboxylic acids is 2. The van der Waals surface area contributed by atoms with Crippen LogP contribution in [0.5, 0.6) is 0 Å². The molecule has 0 aromatic heterocycles. The number of hydrogen-bond donors (Lipinski definition) is 1. The van der Waals surface area contributed by atoms with Gasteiger partial charge in [-0.15, -0.1) is 0 Å². The van der Waals surface area contributed by atoms with Crippen LogP contribution in [0.1, 0.15) is 55.7 Å². The molecule has 0 saturated heterocycles. The summed E-state index contributed by atoms with van der Waals surface area (Å²) in [6, 6.07) is 22.4. The molecule has 40 heavy (non-hydrogen) atoms. The van der Waals surface area contributed by atoms with Crippen molar-refractivity contribution in [3.05, 3.63) is 95.6 Å². The summed E-state index contributed by atoms with van der Waals surface area (Å²) in [5.74, 6) is -0.627. The highest BCUT2D eigenvalue weighted by Gasteiger charge is 2.34. The molecular formula is C32H39N3O4S. The molecule has 3 aromatic rings. The highest BCUT2D eigenvalue weighted by atomic mass is 32.2. The molecule has 1 N–H and O–H groups in total. The minimum absolute atomic E-state index is 0.0969. The van der Waals surface area contributed by atoms with Crippen molar-refractivity contribution in [1.29, 1.82) is 0 Å². The summed E-state index contributed by atoms with van der Waals surface area (Å²) in [6.07, 6.45) is 4.44. The molecule has 2 amide bonds. The molecule has 0 bridgehead atoms. The summed E-state index contributed by atoms with van der Waals surface area (Å²) in [5, 5.41) is 3.15. The molecular weight excluding hydrogens is 522 g/mol. The van der Waals surface area contributed by atoms with Crippen molar-refractivity contribution in [2.75, 3.05) is 10.8 Å². The van der Waals surface area contributed by atoms with Crippen molar-refractivity contribution in [3.8, 4) is 0 Å². The van der Waals surface area contributed by atoms with E-state index in [1.54, 1.807) is 35.2 Å². The zero-order valence-corrected chi connectivity index (χ0v) is 24.4. The smallest absolute Gasteiger partial charge is 0.264 e. The van der Waals surface area contributed by atoms with E-state index in [2.05, 4.69) is 5.32 Å². The number of benzene rings is 3. The van der Waals surface area contributed by atoms with Crippen molar-refractivity contribution in [1.82, 2.24) is 10.2 Å². The Morgan fingerprint density at radius 3 is 2.20 bits per heavy atom. The molecule has 0 radical (unpaired) electrons. The van der Waals surface area contributed by atoms with Gasteiger partial charge < -0.3 is 10.2 Å². The third kappa shape index (κ3) is 7.10. The number of sulfonamides is 1. The summed E-state index contributed by atoms with van der Waals surface area (Å²) in [4.78, 5) is 29.3. The second kappa shape index (κ2) is 13.1. The first-order valence-electron chi connectivity index (χ1n) is 14.0. The van der Waals surface area contributed by atoms with E-state index in [0.717, 1.165) is 46.7 Å². The summed E-state index contributed by atoms with van der Waals surface area (Å²) in [7, 11) is -4.06. The lowest BCUT2D eigenvalue weighted by atomic mass is 10.1. The number of aryl methyl sites for hydroxylation is 2. The molecule has 0 heterocycles. The predicted molar refractivity (Wildman–Crippen MR) is 158 cm³/mol. The van der Waals surface area contributed by atoms with Crippen LogP contribution in [-0.2, 0) is 26.2 Å². The SMILES string of the molecule is CCC(C(=O)NC1CCCC1)N(Cc1cccc(C)c1)C(=O)CN(c1ccc(C)cc1)S(=O)(=O)c1ccccc1. The van der Waals surface area contributed by atoms with Crippen molar-refractivity contribution in [2.24, 2.45) is 0 Å². The molecule has 1 fully saturated rings.